The molecule has 2 heterocycles. The highest BCUT2D eigenvalue weighted by molar-refractivity contribution is 7.17. The maximum atomic E-state index is 12.0. The van der Waals surface area contributed by atoms with Crippen molar-refractivity contribution in [1.29, 1.82) is 0 Å². The van der Waals surface area contributed by atoms with Crippen LogP contribution in [0.15, 0.2) is 0 Å². The van der Waals surface area contributed by atoms with Crippen LogP contribution in [0.1, 0.15) is 29.2 Å². The van der Waals surface area contributed by atoms with Crippen LogP contribution in [-0.4, -0.2) is 61.2 Å². The van der Waals surface area contributed by atoms with E-state index >= 15 is 0 Å². The van der Waals surface area contributed by atoms with Gasteiger partial charge in [-0.05, 0) is 12.8 Å². The van der Waals surface area contributed by atoms with Gasteiger partial charge < -0.3 is 14.8 Å². The Hall–Kier alpha value is -1.51. The number of hydrogen-bond donors (Lipinski definition) is 1. The Morgan fingerprint density at radius 1 is 1.39 bits per heavy atom. The number of anilines is 1. The van der Waals surface area contributed by atoms with Crippen molar-refractivity contribution in [2.24, 2.45) is 5.92 Å². The van der Waals surface area contributed by atoms with Crippen LogP contribution in [0, 0.1) is 12.8 Å². The molecule has 0 aliphatic carbocycles. The molecule has 0 bridgehead atoms. The predicted octanol–water partition coefficient (Wildman–Crippen LogP) is 1.54. The summed E-state index contributed by atoms with van der Waals surface area (Å²) in [6.45, 7) is 9.15. The molecule has 1 saturated heterocycles. The molecular weight excluding hydrogens is 318 g/mol. The van der Waals surface area contributed by atoms with Crippen molar-refractivity contribution < 1.29 is 19.1 Å². The van der Waals surface area contributed by atoms with Gasteiger partial charge in [-0.3, -0.25) is 9.69 Å². The van der Waals surface area contributed by atoms with Crippen LogP contribution >= 0.6 is 11.3 Å². The SMILES string of the molecule is Cc1nc(NC(=O)CN2CCOCC2)sc1C(=O)OCC(C)C. The maximum absolute atomic E-state index is 12.0. The highest BCUT2D eigenvalue weighted by atomic mass is 32.1. The Labute approximate surface area is 140 Å². The summed E-state index contributed by atoms with van der Waals surface area (Å²) in [5.41, 5.74) is 0.574. The lowest BCUT2D eigenvalue weighted by atomic mass is 10.2. The molecule has 0 radical (unpaired) electrons. The number of esters is 1. The Balaban J connectivity index is 1.89. The number of carbonyl (C=O) groups excluding carboxylic acids is 2. The van der Waals surface area contributed by atoms with Gasteiger partial charge in [0.2, 0.25) is 5.91 Å². The van der Waals surface area contributed by atoms with Crippen molar-refractivity contribution in [2.75, 3.05) is 44.8 Å². The zero-order valence-electron chi connectivity index (χ0n) is 13.8. The molecule has 1 N–H and O–H groups in total. The van der Waals surface area contributed by atoms with Crippen LogP contribution in [-0.2, 0) is 14.3 Å². The van der Waals surface area contributed by atoms with Gasteiger partial charge in [0.25, 0.3) is 0 Å². The predicted molar refractivity (Wildman–Crippen MR) is 87.9 cm³/mol. The molecule has 128 valence electrons. The Morgan fingerprint density at radius 2 is 2.09 bits per heavy atom. The van der Waals surface area contributed by atoms with Crippen LogP contribution in [0.3, 0.4) is 0 Å². The molecule has 7 nitrogen and oxygen atoms in total. The number of amides is 1. The topological polar surface area (TPSA) is 80.8 Å². The zero-order valence-corrected chi connectivity index (χ0v) is 14.6. The molecule has 23 heavy (non-hydrogen) atoms. The average Bonchev–Trinajstić information content (AvgIpc) is 2.86. The molecule has 8 heteroatoms. The van der Waals surface area contributed by atoms with Gasteiger partial charge in [0, 0.05) is 13.1 Å². The number of nitrogens with zero attached hydrogens (tertiary/aromatic N) is 2. The van der Waals surface area contributed by atoms with E-state index in [1.54, 1.807) is 6.92 Å². The lowest BCUT2D eigenvalue weighted by molar-refractivity contribution is -0.118. The molecular formula is C15H23N3O4S. The number of hydrogen-bond acceptors (Lipinski definition) is 7. The second kappa shape index (κ2) is 8.37. The minimum absolute atomic E-state index is 0.136. The zero-order chi connectivity index (χ0) is 16.8. The van der Waals surface area contributed by atoms with Gasteiger partial charge in [-0.25, -0.2) is 9.78 Å². The van der Waals surface area contributed by atoms with Crippen molar-refractivity contribution in [3.63, 3.8) is 0 Å². The first-order valence-electron chi connectivity index (χ1n) is 7.70. The van der Waals surface area contributed by atoms with Crippen LogP contribution in [0.4, 0.5) is 5.13 Å². The Morgan fingerprint density at radius 3 is 2.74 bits per heavy atom. The maximum Gasteiger partial charge on any atom is 0.350 e. The van der Waals surface area contributed by atoms with E-state index in [1.165, 1.54) is 0 Å². The van der Waals surface area contributed by atoms with E-state index < -0.39 is 0 Å². The van der Waals surface area contributed by atoms with Crippen LogP contribution in [0.2, 0.25) is 0 Å². The molecule has 0 atom stereocenters. The highest BCUT2D eigenvalue weighted by Gasteiger charge is 2.19. The molecule has 0 unspecified atom stereocenters. The molecule has 1 aromatic rings. The largest absolute Gasteiger partial charge is 0.461 e. The first-order valence-corrected chi connectivity index (χ1v) is 8.52. The van der Waals surface area contributed by atoms with E-state index in [4.69, 9.17) is 9.47 Å². The summed E-state index contributed by atoms with van der Waals surface area (Å²) in [5.74, 6) is -0.245. The Bertz CT molecular complexity index is 553. The van der Waals surface area contributed by atoms with Crippen molar-refractivity contribution in [1.82, 2.24) is 9.88 Å². The summed E-state index contributed by atoms with van der Waals surface area (Å²) < 4.78 is 10.5. The molecule has 0 saturated carbocycles. The third kappa shape index (κ3) is 5.56. The molecule has 1 amide bonds. The van der Waals surface area contributed by atoms with Crippen molar-refractivity contribution in [3.8, 4) is 0 Å². The standard InChI is InChI=1S/C15H23N3O4S/c1-10(2)9-22-14(20)13-11(3)16-15(23-13)17-12(19)8-18-4-6-21-7-5-18/h10H,4-9H2,1-3H3,(H,16,17,19). The fourth-order valence-corrected chi connectivity index (χ4v) is 2.94. The van der Waals surface area contributed by atoms with Gasteiger partial charge in [-0.15, -0.1) is 0 Å². The van der Waals surface area contributed by atoms with E-state index in [1.807, 2.05) is 18.7 Å². The highest BCUT2D eigenvalue weighted by Crippen LogP contribution is 2.23. The normalized spacial score (nSPS) is 15.7. The van der Waals surface area contributed by atoms with Crippen molar-refractivity contribution in [3.05, 3.63) is 10.6 Å². The van der Waals surface area contributed by atoms with Crippen molar-refractivity contribution >= 4 is 28.3 Å². The number of aromatic nitrogens is 1. The summed E-state index contributed by atoms with van der Waals surface area (Å²) in [4.78, 5) is 30.7. The Kier molecular flexibility index (Phi) is 6.49. The average molecular weight is 341 g/mol. The van der Waals surface area contributed by atoms with Gasteiger partial charge in [-0.2, -0.15) is 0 Å². The summed E-state index contributed by atoms with van der Waals surface area (Å²) in [6, 6.07) is 0. The summed E-state index contributed by atoms with van der Waals surface area (Å²) in [6.07, 6.45) is 0. The smallest absolute Gasteiger partial charge is 0.350 e. The molecule has 1 fully saturated rings. The van der Waals surface area contributed by atoms with E-state index in [-0.39, 0.29) is 17.8 Å². The first-order chi connectivity index (χ1) is 11.0. The van der Waals surface area contributed by atoms with Gasteiger partial charge in [0.1, 0.15) is 4.88 Å². The van der Waals surface area contributed by atoms with Crippen LogP contribution in [0.5, 0.6) is 0 Å². The van der Waals surface area contributed by atoms with Crippen molar-refractivity contribution in [2.45, 2.75) is 20.8 Å². The molecule has 0 spiro atoms. The van der Waals surface area contributed by atoms with Gasteiger partial charge in [0.05, 0.1) is 32.1 Å². The van der Waals surface area contributed by atoms with Gasteiger partial charge >= 0.3 is 5.97 Å². The first kappa shape index (κ1) is 17.8. The molecule has 1 aliphatic rings. The van der Waals surface area contributed by atoms with Crippen LogP contribution in [0.25, 0.3) is 0 Å². The van der Waals surface area contributed by atoms with Crippen LogP contribution < -0.4 is 5.32 Å². The summed E-state index contributed by atoms with van der Waals surface area (Å²) in [5, 5.41) is 3.18. The number of rotatable bonds is 6. The third-order valence-corrected chi connectivity index (χ3v) is 4.30. The lowest BCUT2D eigenvalue weighted by Gasteiger charge is -2.25. The lowest BCUT2D eigenvalue weighted by Crippen LogP contribution is -2.41. The second-order valence-electron chi connectivity index (χ2n) is 5.86. The van der Waals surface area contributed by atoms with Gasteiger partial charge in [-0.1, -0.05) is 25.2 Å². The van der Waals surface area contributed by atoms with E-state index in [0.717, 1.165) is 24.4 Å². The minimum Gasteiger partial charge on any atom is -0.461 e. The monoisotopic (exact) mass is 341 g/mol. The number of aryl methyl sites for hydroxylation is 1. The third-order valence-electron chi connectivity index (χ3n) is 3.25. The molecule has 1 aromatic heterocycles. The molecule has 2 rings (SSSR count). The summed E-state index contributed by atoms with van der Waals surface area (Å²) >= 11 is 1.15. The fraction of sp³-hybridized carbons (Fsp3) is 0.667. The van der Waals surface area contributed by atoms with E-state index in [2.05, 4.69) is 10.3 Å². The number of carbonyl (C=O) groups is 2. The fourth-order valence-electron chi connectivity index (χ4n) is 2.07. The van der Waals surface area contributed by atoms with Gasteiger partial charge in [0.15, 0.2) is 5.13 Å². The minimum atomic E-state index is -0.387. The number of nitrogens with one attached hydrogen (secondary N) is 1. The quantitative estimate of drug-likeness (QED) is 0.791. The molecule has 0 aromatic carbocycles. The number of thiazole rings is 1. The number of ether oxygens (including phenoxy) is 2. The second-order valence-corrected chi connectivity index (χ2v) is 6.86. The molecule has 1 aliphatic heterocycles. The number of morpholine rings is 1. The van der Waals surface area contributed by atoms with E-state index in [9.17, 15) is 9.59 Å². The summed E-state index contributed by atoms with van der Waals surface area (Å²) in [7, 11) is 0. The van der Waals surface area contributed by atoms with E-state index in [0.29, 0.717) is 42.1 Å².